The van der Waals surface area contributed by atoms with Gasteiger partial charge in [-0.15, -0.1) is 0 Å². The summed E-state index contributed by atoms with van der Waals surface area (Å²) >= 11 is 0. The number of carbonyl (C=O) groups excluding carboxylic acids is 2. The lowest BCUT2D eigenvalue weighted by molar-refractivity contribution is -0.115. The van der Waals surface area contributed by atoms with Gasteiger partial charge in [0, 0.05) is 5.56 Å². The highest BCUT2D eigenvalue weighted by molar-refractivity contribution is 7.87. The van der Waals surface area contributed by atoms with Gasteiger partial charge in [0.1, 0.15) is 17.2 Å². The van der Waals surface area contributed by atoms with Crippen LogP contribution in [0.25, 0.3) is 0 Å². The van der Waals surface area contributed by atoms with E-state index in [-0.39, 0.29) is 29.0 Å². The Morgan fingerprint density at radius 2 is 1.71 bits per heavy atom. The minimum atomic E-state index is -4.02. The van der Waals surface area contributed by atoms with Crippen LogP contribution in [0.4, 0.5) is 11.4 Å². The minimum Gasteiger partial charge on any atom is -0.379 e. The first-order valence-corrected chi connectivity index (χ1v) is 11.0. The maximum atomic E-state index is 13.0. The van der Waals surface area contributed by atoms with Gasteiger partial charge in [-0.05, 0) is 67.4 Å². The lowest BCUT2D eigenvalue weighted by Crippen LogP contribution is -2.42. The smallest absolute Gasteiger partial charge is 0.339 e. The second-order valence-corrected chi connectivity index (χ2v) is 8.80. The molecule has 1 aliphatic rings. The topological polar surface area (TPSA) is 92.8 Å². The van der Waals surface area contributed by atoms with Crippen molar-refractivity contribution in [2.75, 3.05) is 16.8 Å². The van der Waals surface area contributed by atoms with E-state index in [1.807, 2.05) is 6.07 Å². The maximum absolute atomic E-state index is 13.0. The van der Waals surface area contributed by atoms with Crippen molar-refractivity contribution >= 4 is 33.3 Å². The molecule has 31 heavy (non-hydrogen) atoms. The van der Waals surface area contributed by atoms with E-state index < -0.39 is 10.1 Å². The van der Waals surface area contributed by atoms with Crippen molar-refractivity contribution in [2.45, 2.75) is 18.7 Å². The predicted molar refractivity (Wildman–Crippen MR) is 117 cm³/mol. The second kappa shape index (κ2) is 7.88. The van der Waals surface area contributed by atoms with E-state index >= 15 is 0 Å². The molecule has 0 saturated heterocycles. The Kier molecular flexibility index (Phi) is 5.24. The highest BCUT2D eigenvalue weighted by Gasteiger charge is 2.27. The molecule has 0 aliphatic carbocycles. The first-order valence-electron chi connectivity index (χ1n) is 9.57. The fourth-order valence-electron chi connectivity index (χ4n) is 3.37. The van der Waals surface area contributed by atoms with Gasteiger partial charge in [-0.3, -0.25) is 14.5 Å². The summed E-state index contributed by atoms with van der Waals surface area (Å²) in [6, 6.07) is 17.9. The number of fused-ring (bicyclic) bond motifs is 1. The number of benzene rings is 3. The molecule has 0 aromatic heterocycles. The molecule has 0 radical (unpaired) electrons. The molecule has 0 saturated carbocycles. The average Bonchev–Trinajstić information content (AvgIpc) is 2.74. The Morgan fingerprint density at radius 3 is 2.45 bits per heavy atom. The number of amides is 2. The predicted octanol–water partition coefficient (Wildman–Crippen LogP) is 3.67. The SMILES string of the molecule is Cc1ccc(C)c(S(=O)(=O)Oc2ccc(C(=O)N3CC(=O)Nc4ccccc43)cc2)c1. The van der Waals surface area contributed by atoms with Gasteiger partial charge in [0.2, 0.25) is 5.91 Å². The van der Waals surface area contributed by atoms with E-state index in [2.05, 4.69) is 5.32 Å². The van der Waals surface area contributed by atoms with E-state index in [1.54, 1.807) is 50.2 Å². The third kappa shape index (κ3) is 4.15. The van der Waals surface area contributed by atoms with Crippen LogP contribution in [0.15, 0.2) is 71.6 Å². The summed E-state index contributed by atoms with van der Waals surface area (Å²) < 4.78 is 30.6. The fraction of sp³-hybridized carbons (Fsp3) is 0.130. The fourth-order valence-corrected chi connectivity index (χ4v) is 4.62. The zero-order chi connectivity index (χ0) is 22.2. The molecule has 1 aliphatic heterocycles. The number of hydrogen-bond donors (Lipinski definition) is 1. The van der Waals surface area contributed by atoms with Crippen LogP contribution in [0, 0.1) is 13.8 Å². The molecule has 158 valence electrons. The Labute approximate surface area is 180 Å². The number of para-hydroxylation sites is 2. The summed E-state index contributed by atoms with van der Waals surface area (Å²) in [5, 5.41) is 2.74. The van der Waals surface area contributed by atoms with Crippen molar-refractivity contribution < 1.29 is 22.2 Å². The number of rotatable bonds is 4. The highest BCUT2D eigenvalue weighted by atomic mass is 32.2. The number of hydrogen-bond acceptors (Lipinski definition) is 5. The number of nitrogens with zero attached hydrogens (tertiary/aromatic N) is 1. The van der Waals surface area contributed by atoms with Gasteiger partial charge < -0.3 is 9.50 Å². The molecule has 3 aromatic carbocycles. The van der Waals surface area contributed by atoms with Crippen molar-refractivity contribution in [1.82, 2.24) is 0 Å². The van der Waals surface area contributed by atoms with E-state index in [4.69, 9.17) is 4.18 Å². The van der Waals surface area contributed by atoms with Gasteiger partial charge in [-0.2, -0.15) is 8.42 Å². The molecule has 0 unspecified atom stereocenters. The summed E-state index contributed by atoms with van der Waals surface area (Å²) in [6.07, 6.45) is 0. The lowest BCUT2D eigenvalue weighted by atomic mass is 10.1. The highest BCUT2D eigenvalue weighted by Crippen LogP contribution is 2.30. The zero-order valence-electron chi connectivity index (χ0n) is 17.0. The van der Waals surface area contributed by atoms with Crippen LogP contribution in [-0.4, -0.2) is 26.8 Å². The zero-order valence-corrected chi connectivity index (χ0v) is 17.8. The van der Waals surface area contributed by atoms with E-state index in [0.29, 0.717) is 22.5 Å². The molecule has 4 rings (SSSR count). The minimum absolute atomic E-state index is 0.0919. The number of anilines is 2. The van der Waals surface area contributed by atoms with Gasteiger partial charge in [-0.25, -0.2) is 0 Å². The third-order valence-electron chi connectivity index (χ3n) is 4.94. The number of carbonyl (C=O) groups is 2. The standard InChI is InChI=1S/C23H20N2O5S/c1-15-7-8-16(2)21(13-15)31(28,29)30-18-11-9-17(10-12-18)23(27)25-14-22(26)24-19-5-3-4-6-20(19)25/h3-13H,14H2,1-2H3,(H,24,26). The molecule has 1 N–H and O–H groups in total. The number of aryl methyl sites for hydroxylation is 2. The Balaban J connectivity index is 1.57. The summed E-state index contributed by atoms with van der Waals surface area (Å²) in [7, 11) is -4.02. The van der Waals surface area contributed by atoms with Crippen molar-refractivity contribution in [1.29, 1.82) is 0 Å². The summed E-state index contributed by atoms with van der Waals surface area (Å²) in [5.41, 5.74) is 2.86. The molecule has 0 spiro atoms. The Morgan fingerprint density at radius 1 is 1.00 bits per heavy atom. The van der Waals surface area contributed by atoms with Crippen molar-refractivity contribution in [3.05, 3.63) is 83.4 Å². The molecule has 8 heteroatoms. The monoisotopic (exact) mass is 436 g/mol. The van der Waals surface area contributed by atoms with Gasteiger partial charge in [-0.1, -0.05) is 24.3 Å². The van der Waals surface area contributed by atoms with Crippen LogP contribution in [-0.2, 0) is 14.9 Å². The van der Waals surface area contributed by atoms with Crippen LogP contribution < -0.4 is 14.4 Å². The largest absolute Gasteiger partial charge is 0.379 e. The summed E-state index contributed by atoms with van der Waals surface area (Å²) in [4.78, 5) is 26.5. The van der Waals surface area contributed by atoms with E-state index in [0.717, 1.165) is 5.56 Å². The molecular formula is C23H20N2O5S. The molecular weight excluding hydrogens is 416 g/mol. The molecule has 7 nitrogen and oxygen atoms in total. The van der Waals surface area contributed by atoms with Crippen molar-refractivity contribution in [3.8, 4) is 5.75 Å². The van der Waals surface area contributed by atoms with Crippen LogP contribution in [0.3, 0.4) is 0 Å². The van der Waals surface area contributed by atoms with Gasteiger partial charge in [0.15, 0.2) is 0 Å². The van der Waals surface area contributed by atoms with E-state index in [1.165, 1.54) is 29.2 Å². The molecule has 2 amide bonds. The molecule has 3 aromatic rings. The van der Waals surface area contributed by atoms with Crippen LogP contribution in [0.1, 0.15) is 21.5 Å². The molecule has 0 bridgehead atoms. The van der Waals surface area contributed by atoms with Gasteiger partial charge in [0.25, 0.3) is 5.91 Å². The van der Waals surface area contributed by atoms with Crippen LogP contribution in [0.2, 0.25) is 0 Å². The summed E-state index contributed by atoms with van der Waals surface area (Å²) in [5.74, 6) is -0.563. The lowest BCUT2D eigenvalue weighted by Gasteiger charge is -2.29. The summed E-state index contributed by atoms with van der Waals surface area (Å²) in [6.45, 7) is 3.40. The third-order valence-corrected chi connectivity index (χ3v) is 6.33. The van der Waals surface area contributed by atoms with Gasteiger partial charge in [0.05, 0.1) is 11.4 Å². The first kappa shape index (κ1) is 20.6. The second-order valence-electron chi connectivity index (χ2n) is 7.29. The Hall–Kier alpha value is -3.65. The number of nitrogens with one attached hydrogen (secondary N) is 1. The normalized spacial score (nSPS) is 13.4. The average molecular weight is 436 g/mol. The Bertz CT molecular complexity index is 1280. The molecule has 0 fully saturated rings. The van der Waals surface area contributed by atoms with Crippen LogP contribution >= 0.6 is 0 Å². The van der Waals surface area contributed by atoms with Gasteiger partial charge >= 0.3 is 10.1 Å². The quantitative estimate of drug-likeness (QED) is 0.630. The molecule has 1 heterocycles. The van der Waals surface area contributed by atoms with Crippen molar-refractivity contribution in [3.63, 3.8) is 0 Å². The molecule has 0 atom stereocenters. The van der Waals surface area contributed by atoms with Crippen molar-refractivity contribution in [2.24, 2.45) is 0 Å². The van der Waals surface area contributed by atoms with E-state index in [9.17, 15) is 18.0 Å². The van der Waals surface area contributed by atoms with Crippen LogP contribution in [0.5, 0.6) is 5.75 Å². The first-order chi connectivity index (χ1) is 14.7. The maximum Gasteiger partial charge on any atom is 0.339 e.